The van der Waals surface area contributed by atoms with Gasteiger partial charge >= 0.3 is 0 Å². The second-order valence-corrected chi connectivity index (χ2v) is 7.06. The van der Waals surface area contributed by atoms with Gasteiger partial charge in [-0.3, -0.25) is 4.79 Å². The molecule has 1 atom stereocenters. The quantitative estimate of drug-likeness (QED) is 0.716. The van der Waals surface area contributed by atoms with Gasteiger partial charge in [-0.15, -0.1) is 0 Å². The zero-order valence-corrected chi connectivity index (χ0v) is 16.6. The summed E-state index contributed by atoms with van der Waals surface area (Å²) in [6.07, 6.45) is 0. The Morgan fingerprint density at radius 2 is 1.71 bits per heavy atom. The molecule has 1 aliphatic rings. The first-order valence-electron chi connectivity index (χ1n) is 9.68. The zero-order chi connectivity index (χ0) is 19.8. The summed E-state index contributed by atoms with van der Waals surface area (Å²) in [6.45, 7) is 6.33. The van der Waals surface area contributed by atoms with Gasteiger partial charge in [-0.05, 0) is 36.8 Å². The van der Waals surface area contributed by atoms with Crippen molar-refractivity contribution in [3.8, 4) is 11.5 Å². The number of carbonyl (C=O) groups is 1. The molecule has 3 rings (SSSR count). The van der Waals surface area contributed by atoms with Crippen molar-refractivity contribution in [1.29, 1.82) is 0 Å². The lowest BCUT2D eigenvalue weighted by atomic mass is 10.0. The first-order valence-corrected chi connectivity index (χ1v) is 9.68. The lowest BCUT2D eigenvalue weighted by molar-refractivity contribution is -0.909. The van der Waals surface area contributed by atoms with Crippen molar-refractivity contribution in [2.45, 2.75) is 13.0 Å². The fourth-order valence-corrected chi connectivity index (χ4v) is 3.26. The number of carbonyl (C=O) groups excluding carboxylic acids is 1. The third-order valence-corrected chi connectivity index (χ3v) is 4.94. The second kappa shape index (κ2) is 10.1. The van der Waals surface area contributed by atoms with Crippen LogP contribution in [-0.2, 0) is 9.53 Å². The van der Waals surface area contributed by atoms with Crippen LogP contribution in [-0.4, -0.2) is 52.5 Å². The smallest absolute Gasteiger partial charge is 0.258 e. The van der Waals surface area contributed by atoms with Gasteiger partial charge in [0.15, 0.2) is 6.61 Å². The molecule has 2 aromatic carbocycles. The van der Waals surface area contributed by atoms with Crippen LogP contribution in [0.2, 0.25) is 0 Å². The van der Waals surface area contributed by atoms with Crippen LogP contribution in [0.5, 0.6) is 11.5 Å². The predicted molar refractivity (Wildman–Crippen MR) is 107 cm³/mol. The van der Waals surface area contributed by atoms with Crippen LogP contribution in [0.1, 0.15) is 17.2 Å². The highest BCUT2D eigenvalue weighted by Gasteiger charge is 2.23. The van der Waals surface area contributed by atoms with Crippen LogP contribution in [0.3, 0.4) is 0 Å². The molecule has 6 nitrogen and oxygen atoms in total. The van der Waals surface area contributed by atoms with E-state index in [2.05, 4.69) is 36.5 Å². The highest BCUT2D eigenvalue weighted by atomic mass is 16.5. The van der Waals surface area contributed by atoms with Gasteiger partial charge in [0, 0.05) is 0 Å². The van der Waals surface area contributed by atoms with Crippen LogP contribution in [0.15, 0.2) is 48.5 Å². The van der Waals surface area contributed by atoms with Gasteiger partial charge in [0.25, 0.3) is 5.91 Å². The molecule has 0 aromatic heterocycles. The van der Waals surface area contributed by atoms with Gasteiger partial charge in [-0.2, -0.15) is 0 Å². The minimum atomic E-state index is -0.131. The normalized spacial score (nSPS) is 15.6. The first-order chi connectivity index (χ1) is 13.6. The SMILES string of the molecule is COc1ccc(OCC(=O)N[C@@H](C[NH+]2CCOCC2)c2ccc(C)cc2)cc1. The Balaban J connectivity index is 1.60. The number of quaternary nitrogens is 1. The van der Waals surface area contributed by atoms with Gasteiger partial charge in [-0.25, -0.2) is 0 Å². The molecule has 1 saturated heterocycles. The molecule has 1 amide bonds. The Labute approximate surface area is 166 Å². The highest BCUT2D eigenvalue weighted by Crippen LogP contribution is 2.17. The molecule has 0 radical (unpaired) electrons. The molecule has 1 aliphatic heterocycles. The molecule has 6 heteroatoms. The molecule has 0 spiro atoms. The lowest BCUT2D eigenvalue weighted by Gasteiger charge is -2.28. The average molecular weight is 385 g/mol. The van der Waals surface area contributed by atoms with Gasteiger partial charge in [0.1, 0.15) is 37.2 Å². The molecule has 28 heavy (non-hydrogen) atoms. The van der Waals surface area contributed by atoms with Gasteiger partial charge in [-0.1, -0.05) is 29.8 Å². The van der Waals surface area contributed by atoms with E-state index in [1.165, 1.54) is 10.5 Å². The molecule has 0 aliphatic carbocycles. The summed E-state index contributed by atoms with van der Waals surface area (Å²) >= 11 is 0. The molecular formula is C22H29N2O4+. The Morgan fingerprint density at radius 1 is 1.07 bits per heavy atom. The molecule has 1 fully saturated rings. The van der Waals surface area contributed by atoms with E-state index in [0.717, 1.165) is 44.2 Å². The van der Waals surface area contributed by atoms with E-state index in [4.69, 9.17) is 14.2 Å². The summed E-state index contributed by atoms with van der Waals surface area (Å²) in [5.41, 5.74) is 2.32. The van der Waals surface area contributed by atoms with E-state index in [1.54, 1.807) is 19.2 Å². The number of nitrogens with one attached hydrogen (secondary N) is 2. The number of amides is 1. The third-order valence-electron chi connectivity index (χ3n) is 4.94. The van der Waals surface area contributed by atoms with Crippen molar-refractivity contribution >= 4 is 5.91 Å². The first kappa shape index (κ1) is 20.2. The Bertz CT molecular complexity index is 740. The lowest BCUT2D eigenvalue weighted by Crippen LogP contribution is -3.14. The van der Waals surface area contributed by atoms with E-state index >= 15 is 0 Å². The number of morpholine rings is 1. The van der Waals surface area contributed by atoms with Gasteiger partial charge in [0.2, 0.25) is 0 Å². The van der Waals surface area contributed by atoms with Crippen LogP contribution in [0.4, 0.5) is 0 Å². The zero-order valence-electron chi connectivity index (χ0n) is 16.6. The van der Waals surface area contributed by atoms with Crippen molar-refractivity contribution in [3.63, 3.8) is 0 Å². The fraction of sp³-hybridized carbons (Fsp3) is 0.409. The van der Waals surface area contributed by atoms with E-state index in [-0.39, 0.29) is 18.6 Å². The molecular weight excluding hydrogens is 356 g/mol. The van der Waals surface area contributed by atoms with Crippen molar-refractivity contribution in [2.24, 2.45) is 0 Å². The van der Waals surface area contributed by atoms with Crippen molar-refractivity contribution < 1.29 is 23.9 Å². The summed E-state index contributed by atoms with van der Waals surface area (Å²) in [6, 6.07) is 15.5. The van der Waals surface area contributed by atoms with E-state index in [1.807, 2.05) is 12.1 Å². The van der Waals surface area contributed by atoms with Crippen molar-refractivity contribution in [2.75, 3.05) is 46.6 Å². The number of hydrogen-bond acceptors (Lipinski definition) is 4. The maximum absolute atomic E-state index is 12.5. The van der Waals surface area contributed by atoms with Crippen molar-refractivity contribution in [3.05, 3.63) is 59.7 Å². The average Bonchev–Trinajstić information content (AvgIpc) is 2.73. The minimum Gasteiger partial charge on any atom is -0.497 e. The summed E-state index contributed by atoms with van der Waals surface area (Å²) in [4.78, 5) is 14.0. The third kappa shape index (κ3) is 5.97. The Kier molecular flexibility index (Phi) is 7.28. The van der Waals surface area contributed by atoms with Gasteiger partial charge in [0.05, 0.1) is 20.3 Å². The summed E-state index contributed by atoms with van der Waals surface area (Å²) in [5.74, 6) is 1.26. The molecule has 150 valence electrons. The van der Waals surface area contributed by atoms with Crippen molar-refractivity contribution in [1.82, 2.24) is 5.32 Å². The highest BCUT2D eigenvalue weighted by molar-refractivity contribution is 5.78. The van der Waals surface area contributed by atoms with Crippen LogP contribution in [0.25, 0.3) is 0 Å². The monoisotopic (exact) mass is 385 g/mol. The molecule has 1 heterocycles. The second-order valence-electron chi connectivity index (χ2n) is 7.06. The van der Waals surface area contributed by atoms with E-state index < -0.39 is 0 Å². The Hall–Kier alpha value is -2.57. The number of hydrogen-bond donors (Lipinski definition) is 2. The van der Waals surface area contributed by atoms with Crippen LogP contribution < -0.4 is 19.7 Å². The molecule has 2 N–H and O–H groups in total. The predicted octanol–water partition coefficient (Wildman–Crippen LogP) is 1.16. The Morgan fingerprint density at radius 3 is 2.36 bits per heavy atom. The van der Waals surface area contributed by atoms with E-state index in [9.17, 15) is 4.79 Å². The number of aryl methyl sites for hydroxylation is 1. The number of methoxy groups -OCH3 is 1. The largest absolute Gasteiger partial charge is 0.497 e. The summed E-state index contributed by atoms with van der Waals surface area (Å²) in [7, 11) is 1.62. The van der Waals surface area contributed by atoms with Gasteiger partial charge < -0.3 is 24.4 Å². The molecule has 0 bridgehead atoms. The van der Waals surface area contributed by atoms with Crippen LogP contribution >= 0.6 is 0 Å². The maximum atomic E-state index is 12.5. The maximum Gasteiger partial charge on any atom is 0.258 e. The minimum absolute atomic E-state index is 0.0207. The summed E-state index contributed by atoms with van der Waals surface area (Å²) < 4.78 is 16.2. The number of rotatable bonds is 8. The fourth-order valence-electron chi connectivity index (χ4n) is 3.26. The number of ether oxygens (including phenoxy) is 3. The van der Waals surface area contributed by atoms with E-state index in [0.29, 0.717) is 5.75 Å². The molecule has 0 saturated carbocycles. The van der Waals surface area contributed by atoms with Crippen LogP contribution in [0, 0.1) is 6.92 Å². The molecule has 2 aromatic rings. The molecule has 0 unspecified atom stereocenters. The summed E-state index contributed by atoms with van der Waals surface area (Å²) in [5, 5.41) is 3.14. The standard InChI is InChI=1S/C22H28N2O4/c1-17-3-5-18(6-4-17)21(15-24-11-13-27-14-12-24)23-22(25)16-28-20-9-7-19(26-2)8-10-20/h3-10,21H,11-16H2,1-2H3,(H,23,25)/p+1/t21-/m0/s1. The topological polar surface area (TPSA) is 61.2 Å². The number of benzene rings is 2.